The van der Waals surface area contributed by atoms with Crippen LogP contribution in [0.3, 0.4) is 0 Å². The highest BCUT2D eigenvalue weighted by molar-refractivity contribution is 5.09. The van der Waals surface area contributed by atoms with E-state index in [9.17, 15) is 0 Å². The van der Waals surface area contributed by atoms with E-state index in [0.717, 1.165) is 6.54 Å². The molecule has 1 fully saturated rings. The maximum atomic E-state index is 4.25. The molecule has 2 rings (SSSR count). The van der Waals surface area contributed by atoms with Crippen LogP contribution in [0.1, 0.15) is 32.0 Å². The molecule has 1 aliphatic rings. The van der Waals surface area contributed by atoms with Gasteiger partial charge < -0.3 is 9.88 Å². The van der Waals surface area contributed by atoms with Gasteiger partial charge in [0.25, 0.3) is 0 Å². The van der Waals surface area contributed by atoms with Gasteiger partial charge in [0, 0.05) is 25.8 Å². The van der Waals surface area contributed by atoms with Crippen LogP contribution in [0.5, 0.6) is 0 Å². The van der Waals surface area contributed by atoms with Crippen molar-refractivity contribution in [2.24, 2.45) is 13.0 Å². The van der Waals surface area contributed by atoms with Gasteiger partial charge in [0.2, 0.25) is 0 Å². The minimum atomic E-state index is 0.508. The molecule has 0 aliphatic carbocycles. The Balaban J connectivity index is 2.09. The number of aryl methyl sites for hydroxylation is 1. The lowest BCUT2D eigenvalue weighted by Gasteiger charge is -2.26. The Kier molecular flexibility index (Phi) is 3.84. The second-order valence-electron chi connectivity index (χ2n) is 5.47. The highest BCUT2D eigenvalue weighted by Gasteiger charge is 2.34. The molecule has 1 aliphatic heterocycles. The number of likely N-dealkylation sites (tertiary alicyclic amines) is 1. The molecule has 0 bridgehead atoms. The van der Waals surface area contributed by atoms with Gasteiger partial charge in [0.15, 0.2) is 0 Å². The largest absolute Gasteiger partial charge is 0.336 e. The molecule has 96 valence electrons. The second kappa shape index (κ2) is 5.19. The molecule has 2 heterocycles. The molecule has 17 heavy (non-hydrogen) atoms. The predicted molar refractivity (Wildman–Crippen MR) is 69.8 cm³/mol. The summed E-state index contributed by atoms with van der Waals surface area (Å²) in [5.74, 6) is 0.692. The van der Waals surface area contributed by atoms with Crippen molar-refractivity contribution in [3.05, 3.63) is 18.2 Å². The molecule has 1 aromatic heterocycles. The zero-order valence-electron chi connectivity index (χ0n) is 11.3. The van der Waals surface area contributed by atoms with E-state index in [1.54, 1.807) is 0 Å². The monoisotopic (exact) mass is 236 g/mol. The molecule has 4 heteroatoms. The number of rotatable bonds is 4. The molecule has 0 amide bonds. The van der Waals surface area contributed by atoms with Crippen LogP contribution < -0.4 is 5.32 Å². The summed E-state index contributed by atoms with van der Waals surface area (Å²) < 4.78 is 2.15. The molecule has 1 aromatic rings. The minimum Gasteiger partial charge on any atom is -0.336 e. The molecule has 0 radical (unpaired) electrons. The van der Waals surface area contributed by atoms with Gasteiger partial charge in [-0.15, -0.1) is 0 Å². The van der Waals surface area contributed by atoms with Crippen molar-refractivity contribution < 1.29 is 0 Å². The summed E-state index contributed by atoms with van der Waals surface area (Å²) in [6.45, 7) is 6.69. The smallest absolute Gasteiger partial charge is 0.0946 e. The third kappa shape index (κ3) is 2.69. The summed E-state index contributed by atoms with van der Waals surface area (Å²) >= 11 is 0. The van der Waals surface area contributed by atoms with E-state index in [1.807, 2.05) is 12.5 Å². The van der Waals surface area contributed by atoms with Gasteiger partial charge in [-0.1, -0.05) is 13.8 Å². The molecule has 0 saturated carbocycles. The first-order valence-corrected chi connectivity index (χ1v) is 6.49. The second-order valence-corrected chi connectivity index (χ2v) is 5.47. The van der Waals surface area contributed by atoms with Crippen LogP contribution in [-0.2, 0) is 7.05 Å². The Morgan fingerprint density at radius 2 is 2.24 bits per heavy atom. The molecule has 1 saturated heterocycles. The lowest BCUT2D eigenvalue weighted by atomic mass is 9.97. The number of hydrogen-bond donors (Lipinski definition) is 1. The summed E-state index contributed by atoms with van der Waals surface area (Å²) in [5, 5.41) is 3.56. The molecule has 2 unspecified atom stereocenters. The topological polar surface area (TPSA) is 33.1 Å². The van der Waals surface area contributed by atoms with Crippen LogP contribution in [0.2, 0.25) is 0 Å². The average molecular weight is 236 g/mol. The summed E-state index contributed by atoms with van der Waals surface area (Å²) in [7, 11) is 4.30. The summed E-state index contributed by atoms with van der Waals surface area (Å²) in [5.41, 5.74) is 1.33. The lowest BCUT2D eigenvalue weighted by molar-refractivity contribution is 0.259. The van der Waals surface area contributed by atoms with Crippen molar-refractivity contribution in [2.75, 3.05) is 20.1 Å². The van der Waals surface area contributed by atoms with Crippen LogP contribution in [0.15, 0.2) is 12.5 Å². The van der Waals surface area contributed by atoms with Gasteiger partial charge in [0.05, 0.1) is 18.1 Å². The van der Waals surface area contributed by atoms with Crippen molar-refractivity contribution in [3.8, 4) is 0 Å². The summed E-state index contributed by atoms with van der Waals surface area (Å²) in [6, 6.07) is 1.07. The van der Waals surface area contributed by atoms with Gasteiger partial charge in [0.1, 0.15) is 0 Å². The zero-order chi connectivity index (χ0) is 12.4. The van der Waals surface area contributed by atoms with E-state index in [-0.39, 0.29) is 0 Å². The van der Waals surface area contributed by atoms with Crippen molar-refractivity contribution in [1.29, 1.82) is 0 Å². The van der Waals surface area contributed by atoms with Gasteiger partial charge in [-0.25, -0.2) is 4.98 Å². The first-order chi connectivity index (χ1) is 8.09. The van der Waals surface area contributed by atoms with Crippen LogP contribution >= 0.6 is 0 Å². The van der Waals surface area contributed by atoms with Gasteiger partial charge in [-0.3, -0.25) is 4.90 Å². The number of imidazole rings is 1. The summed E-state index contributed by atoms with van der Waals surface area (Å²) in [6.07, 6.45) is 5.18. The quantitative estimate of drug-likeness (QED) is 0.858. The van der Waals surface area contributed by atoms with E-state index in [2.05, 4.69) is 47.7 Å². The van der Waals surface area contributed by atoms with Gasteiger partial charge in [-0.05, 0) is 25.9 Å². The Bertz CT molecular complexity index is 358. The normalized spacial score (nSPS) is 25.9. The Morgan fingerprint density at radius 1 is 1.47 bits per heavy atom. The molecule has 0 aromatic carbocycles. The number of hydrogen-bond acceptors (Lipinski definition) is 3. The standard InChI is InChI=1S/C13H24N4/c1-10(2)15-7-11-5-6-16(3)13(11)12-8-14-9-17(12)4/h8-11,13,15H,5-7H2,1-4H3. The SMILES string of the molecule is CC(C)NCC1CCN(C)C1c1cncn1C. The molecular formula is C13H24N4. The maximum absolute atomic E-state index is 4.25. The van der Waals surface area contributed by atoms with Crippen LogP contribution in [0, 0.1) is 5.92 Å². The van der Waals surface area contributed by atoms with Crippen LogP contribution in [0.25, 0.3) is 0 Å². The van der Waals surface area contributed by atoms with Crippen LogP contribution in [0.4, 0.5) is 0 Å². The minimum absolute atomic E-state index is 0.508. The average Bonchev–Trinajstić information content (AvgIpc) is 2.82. The fourth-order valence-electron chi connectivity index (χ4n) is 2.75. The van der Waals surface area contributed by atoms with E-state index >= 15 is 0 Å². The zero-order valence-corrected chi connectivity index (χ0v) is 11.3. The third-order valence-electron chi connectivity index (χ3n) is 3.72. The van der Waals surface area contributed by atoms with Crippen molar-refractivity contribution in [1.82, 2.24) is 19.8 Å². The molecule has 1 N–H and O–H groups in total. The Hall–Kier alpha value is -0.870. The molecular weight excluding hydrogens is 212 g/mol. The number of aromatic nitrogens is 2. The number of nitrogens with zero attached hydrogens (tertiary/aromatic N) is 3. The predicted octanol–water partition coefficient (Wildman–Crippen LogP) is 1.41. The molecule has 0 spiro atoms. The first kappa shape index (κ1) is 12.6. The Morgan fingerprint density at radius 3 is 2.82 bits per heavy atom. The lowest BCUT2D eigenvalue weighted by Crippen LogP contribution is -2.32. The van der Waals surface area contributed by atoms with Gasteiger partial charge in [-0.2, -0.15) is 0 Å². The summed E-state index contributed by atoms with van der Waals surface area (Å²) in [4.78, 5) is 6.69. The third-order valence-corrected chi connectivity index (χ3v) is 3.72. The van der Waals surface area contributed by atoms with E-state index in [0.29, 0.717) is 18.0 Å². The highest BCUT2D eigenvalue weighted by Crippen LogP contribution is 2.35. The van der Waals surface area contributed by atoms with Crippen molar-refractivity contribution in [2.45, 2.75) is 32.4 Å². The van der Waals surface area contributed by atoms with E-state index in [1.165, 1.54) is 18.7 Å². The van der Waals surface area contributed by atoms with Crippen molar-refractivity contribution >= 4 is 0 Å². The maximum Gasteiger partial charge on any atom is 0.0946 e. The van der Waals surface area contributed by atoms with Crippen molar-refractivity contribution in [3.63, 3.8) is 0 Å². The highest BCUT2D eigenvalue weighted by atomic mass is 15.2. The first-order valence-electron chi connectivity index (χ1n) is 6.49. The number of nitrogens with one attached hydrogen (secondary N) is 1. The molecule has 2 atom stereocenters. The van der Waals surface area contributed by atoms with Crippen LogP contribution in [-0.4, -0.2) is 40.6 Å². The van der Waals surface area contributed by atoms with E-state index < -0.39 is 0 Å². The van der Waals surface area contributed by atoms with Gasteiger partial charge >= 0.3 is 0 Å². The fraction of sp³-hybridized carbons (Fsp3) is 0.769. The fourth-order valence-corrected chi connectivity index (χ4v) is 2.75. The van der Waals surface area contributed by atoms with E-state index in [4.69, 9.17) is 0 Å². The Labute approximate surface area is 104 Å². The molecule has 4 nitrogen and oxygen atoms in total.